The summed E-state index contributed by atoms with van der Waals surface area (Å²) in [5, 5.41) is 0. The second kappa shape index (κ2) is 7.21. The van der Waals surface area contributed by atoms with Crippen LogP contribution < -0.4 is 0 Å². The van der Waals surface area contributed by atoms with Gasteiger partial charge in [0.2, 0.25) is 10.0 Å². The van der Waals surface area contributed by atoms with Crippen molar-refractivity contribution in [2.75, 3.05) is 21.1 Å². The van der Waals surface area contributed by atoms with Crippen LogP contribution in [0, 0.1) is 0 Å². The third-order valence-corrected chi connectivity index (χ3v) is 6.83. The zero-order valence-electron chi connectivity index (χ0n) is 15.3. The lowest BCUT2D eigenvalue weighted by atomic mass is 9.87. The van der Waals surface area contributed by atoms with Crippen molar-refractivity contribution < 1.29 is 13.2 Å². The average Bonchev–Trinajstić information content (AvgIpc) is 2.66. The first-order valence-corrected chi connectivity index (χ1v) is 10.1. The monoisotopic (exact) mass is 372 g/mol. The molecule has 0 bridgehead atoms. The van der Waals surface area contributed by atoms with Gasteiger partial charge in [-0.2, -0.15) is 0 Å². The summed E-state index contributed by atoms with van der Waals surface area (Å²) in [6.45, 7) is 0. The molecule has 0 saturated heterocycles. The van der Waals surface area contributed by atoms with Crippen molar-refractivity contribution in [3.63, 3.8) is 0 Å². The maximum absolute atomic E-state index is 12.9. The van der Waals surface area contributed by atoms with Crippen LogP contribution in [0.5, 0.6) is 0 Å². The van der Waals surface area contributed by atoms with Gasteiger partial charge in [0.15, 0.2) is 0 Å². The lowest BCUT2D eigenvalue weighted by Gasteiger charge is -2.33. The summed E-state index contributed by atoms with van der Waals surface area (Å²) in [7, 11) is 1.30. The fraction of sp³-hybridized carbons (Fsp3) is 0.350. The number of benzene rings is 2. The summed E-state index contributed by atoms with van der Waals surface area (Å²) in [6, 6.07) is 14.5. The Labute approximate surface area is 155 Å². The highest BCUT2D eigenvalue weighted by Crippen LogP contribution is 2.34. The summed E-state index contributed by atoms with van der Waals surface area (Å²) in [5.74, 6) is -0.0968. The standard InChI is InChI=1S/C20H24N2O3S/c1-21(2)26(24,25)17-13-11-16(12-14-17)20(23)22(3)19-10-6-8-15-7-4-5-9-18(15)19/h4-5,7,9,11-14,19H,6,8,10H2,1-3H3/t19-/m0/s1. The minimum atomic E-state index is -3.49. The number of nitrogens with zero attached hydrogens (tertiary/aromatic N) is 2. The van der Waals surface area contributed by atoms with E-state index in [-0.39, 0.29) is 16.8 Å². The van der Waals surface area contributed by atoms with E-state index in [9.17, 15) is 13.2 Å². The van der Waals surface area contributed by atoms with Crippen molar-refractivity contribution in [1.82, 2.24) is 9.21 Å². The molecule has 1 aliphatic rings. The Balaban J connectivity index is 1.84. The number of hydrogen-bond acceptors (Lipinski definition) is 3. The quantitative estimate of drug-likeness (QED) is 0.829. The first kappa shape index (κ1) is 18.6. The number of carbonyl (C=O) groups excluding carboxylic acids is 1. The molecule has 5 nitrogen and oxygen atoms in total. The molecule has 2 aromatic carbocycles. The Morgan fingerprint density at radius 3 is 2.31 bits per heavy atom. The molecule has 0 radical (unpaired) electrons. The summed E-state index contributed by atoms with van der Waals surface area (Å²) in [5.41, 5.74) is 3.01. The van der Waals surface area contributed by atoms with Gasteiger partial charge in [0.1, 0.15) is 0 Å². The van der Waals surface area contributed by atoms with E-state index < -0.39 is 10.0 Å². The predicted molar refractivity (Wildman–Crippen MR) is 102 cm³/mol. The number of sulfonamides is 1. The molecule has 1 aliphatic carbocycles. The molecule has 0 fully saturated rings. The molecule has 1 atom stereocenters. The van der Waals surface area contributed by atoms with Gasteiger partial charge >= 0.3 is 0 Å². The smallest absolute Gasteiger partial charge is 0.254 e. The highest BCUT2D eigenvalue weighted by Gasteiger charge is 2.27. The van der Waals surface area contributed by atoms with Crippen LogP contribution in [0.4, 0.5) is 0 Å². The number of amides is 1. The number of hydrogen-bond donors (Lipinski definition) is 0. The van der Waals surface area contributed by atoms with Crippen LogP contribution in [0.15, 0.2) is 53.4 Å². The lowest BCUT2D eigenvalue weighted by molar-refractivity contribution is 0.0715. The Kier molecular flexibility index (Phi) is 5.16. The molecule has 2 aromatic rings. The van der Waals surface area contributed by atoms with Crippen molar-refractivity contribution in [1.29, 1.82) is 0 Å². The van der Waals surface area contributed by atoms with Crippen LogP contribution in [-0.2, 0) is 16.4 Å². The molecule has 0 heterocycles. The molecule has 0 aliphatic heterocycles. The van der Waals surface area contributed by atoms with Gasteiger partial charge in [-0.15, -0.1) is 0 Å². The van der Waals surface area contributed by atoms with Gasteiger partial charge in [-0.3, -0.25) is 4.79 Å². The van der Waals surface area contributed by atoms with E-state index in [0.717, 1.165) is 23.6 Å². The van der Waals surface area contributed by atoms with E-state index in [1.165, 1.54) is 37.4 Å². The van der Waals surface area contributed by atoms with Crippen molar-refractivity contribution in [3.8, 4) is 0 Å². The summed E-state index contributed by atoms with van der Waals surface area (Å²) >= 11 is 0. The zero-order chi connectivity index (χ0) is 18.9. The van der Waals surface area contributed by atoms with Crippen LogP contribution in [0.3, 0.4) is 0 Å². The van der Waals surface area contributed by atoms with Gasteiger partial charge in [-0.1, -0.05) is 24.3 Å². The molecule has 0 aromatic heterocycles. The van der Waals surface area contributed by atoms with Crippen LogP contribution >= 0.6 is 0 Å². The highest BCUT2D eigenvalue weighted by atomic mass is 32.2. The SMILES string of the molecule is CN(C(=O)c1ccc(S(=O)(=O)N(C)C)cc1)[C@H]1CCCc2ccccc21. The first-order chi connectivity index (χ1) is 12.3. The zero-order valence-corrected chi connectivity index (χ0v) is 16.2. The van der Waals surface area contributed by atoms with Crippen molar-refractivity contribution >= 4 is 15.9 Å². The van der Waals surface area contributed by atoms with Gasteiger partial charge in [0.05, 0.1) is 10.9 Å². The summed E-state index contributed by atoms with van der Waals surface area (Å²) in [4.78, 5) is 14.9. The van der Waals surface area contributed by atoms with E-state index in [1.807, 2.05) is 19.2 Å². The number of aryl methyl sites for hydroxylation is 1. The van der Waals surface area contributed by atoms with E-state index in [1.54, 1.807) is 17.0 Å². The minimum Gasteiger partial charge on any atom is -0.335 e. The van der Waals surface area contributed by atoms with E-state index in [4.69, 9.17) is 0 Å². The van der Waals surface area contributed by atoms with Crippen molar-refractivity contribution in [2.45, 2.75) is 30.2 Å². The third-order valence-electron chi connectivity index (χ3n) is 5.01. The second-order valence-corrected chi connectivity index (χ2v) is 8.99. The molecule has 138 valence electrons. The number of carbonyl (C=O) groups is 1. The third kappa shape index (κ3) is 3.39. The Bertz CT molecular complexity index is 905. The largest absolute Gasteiger partial charge is 0.335 e. The second-order valence-electron chi connectivity index (χ2n) is 6.83. The summed E-state index contributed by atoms with van der Waals surface area (Å²) in [6.07, 6.45) is 3.04. The van der Waals surface area contributed by atoms with E-state index >= 15 is 0 Å². The minimum absolute atomic E-state index is 0.0534. The molecule has 0 spiro atoms. The van der Waals surface area contributed by atoms with Gasteiger partial charge in [-0.25, -0.2) is 12.7 Å². The molecule has 0 unspecified atom stereocenters. The van der Waals surface area contributed by atoms with Gasteiger partial charge in [0.25, 0.3) is 5.91 Å². The first-order valence-electron chi connectivity index (χ1n) is 8.70. The fourth-order valence-electron chi connectivity index (χ4n) is 3.46. The number of fused-ring (bicyclic) bond motifs is 1. The van der Waals surface area contributed by atoms with E-state index in [2.05, 4.69) is 12.1 Å². The lowest BCUT2D eigenvalue weighted by Crippen LogP contribution is -2.33. The van der Waals surface area contributed by atoms with Crippen LogP contribution in [0.1, 0.15) is 40.4 Å². The molecule has 1 amide bonds. The summed E-state index contributed by atoms with van der Waals surface area (Å²) < 4.78 is 25.5. The van der Waals surface area contributed by atoms with Crippen LogP contribution in [-0.4, -0.2) is 44.7 Å². The van der Waals surface area contributed by atoms with Gasteiger partial charge in [-0.05, 0) is 54.7 Å². The average molecular weight is 372 g/mol. The molecular formula is C20H24N2O3S. The molecular weight excluding hydrogens is 348 g/mol. The maximum Gasteiger partial charge on any atom is 0.254 e. The highest BCUT2D eigenvalue weighted by molar-refractivity contribution is 7.89. The predicted octanol–water partition coefficient (Wildman–Crippen LogP) is 3.09. The Morgan fingerprint density at radius 1 is 1.00 bits per heavy atom. The molecule has 6 heteroatoms. The van der Waals surface area contributed by atoms with Gasteiger partial charge < -0.3 is 4.90 Å². The van der Waals surface area contributed by atoms with Crippen LogP contribution in [0.2, 0.25) is 0 Å². The van der Waals surface area contributed by atoms with Gasteiger partial charge in [0, 0.05) is 26.7 Å². The topological polar surface area (TPSA) is 57.7 Å². The van der Waals surface area contributed by atoms with Crippen molar-refractivity contribution in [2.24, 2.45) is 0 Å². The van der Waals surface area contributed by atoms with Crippen molar-refractivity contribution in [3.05, 3.63) is 65.2 Å². The van der Waals surface area contributed by atoms with E-state index in [0.29, 0.717) is 5.56 Å². The number of rotatable bonds is 4. The Hall–Kier alpha value is -2.18. The normalized spacial score (nSPS) is 17.0. The molecule has 0 saturated carbocycles. The maximum atomic E-state index is 12.9. The molecule has 26 heavy (non-hydrogen) atoms. The molecule has 0 N–H and O–H groups in total. The Morgan fingerprint density at radius 2 is 1.65 bits per heavy atom. The fourth-order valence-corrected chi connectivity index (χ4v) is 4.36. The van der Waals surface area contributed by atoms with Crippen LogP contribution in [0.25, 0.3) is 0 Å². The molecule has 3 rings (SSSR count).